The van der Waals surface area contributed by atoms with Gasteiger partial charge in [-0.3, -0.25) is 4.79 Å². The lowest BCUT2D eigenvalue weighted by molar-refractivity contribution is 0.0927. The fraction of sp³-hybridized carbons (Fsp3) is 0.333. The maximum atomic E-state index is 11.8. The molecule has 0 atom stereocenters. The quantitative estimate of drug-likeness (QED) is 0.677. The number of nitrogens with one attached hydrogen (secondary N) is 1. The van der Waals surface area contributed by atoms with Crippen molar-refractivity contribution in [3.05, 3.63) is 47.9 Å². The minimum atomic E-state index is -0.389. The number of furan rings is 1. The van der Waals surface area contributed by atoms with Crippen molar-refractivity contribution >= 4 is 17.8 Å². The van der Waals surface area contributed by atoms with E-state index in [1.54, 1.807) is 25.5 Å². The molecular weight excluding hydrogens is 306 g/mol. The SMILES string of the molecule is COc1cc(N2CCCCC2)ccc1/C=N/NC(=O)c1ccco1. The van der Waals surface area contributed by atoms with E-state index in [2.05, 4.69) is 21.5 Å². The average molecular weight is 327 g/mol. The number of anilines is 1. The number of methoxy groups -OCH3 is 1. The molecular formula is C18H21N3O3. The van der Waals surface area contributed by atoms with Gasteiger partial charge >= 0.3 is 5.91 Å². The molecule has 1 amide bonds. The summed E-state index contributed by atoms with van der Waals surface area (Å²) in [6.07, 6.45) is 6.77. The summed E-state index contributed by atoms with van der Waals surface area (Å²) in [6.45, 7) is 2.16. The molecule has 2 aromatic rings. The number of nitrogens with zero attached hydrogens (tertiary/aromatic N) is 2. The van der Waals surface area contributed by atoms with E-state index in [1.807, 2.05) is 12.1 Å². The molecule has 1 aliphatic heterocycles. The Kier molecular flexibility index (Phi) is 5.15. The molecule has 0 radical (unpaired) electrons. The zero-order valence-electron chi connectivity index (χ0n) is 13.7. The molecule has 1 N–H and O–H groups in total. The number of ether oxygens (including phenoxy) is 1. The highest BCUT2D eigenvalue weighted by atomic mass is 16.5. The summed E-state index contributed by atoms with van der Waals surface area (Å²) in [4.78, 5) is 14.1. The lowest BCUT2D eigenvalue weighted by atomic mass is 10.1. The lowest BCUT2D eigenvalue weighted by Gasteiger charge is -2.29. The van der Waals surface area contributed by atoms with Crippen molar-refractivity contribution < 1.29 is 13.9 Å². The van der Waals surface area contributed by atoms with Gasteiger partial charge in [0.25, 0.3) is 0 Å². The molecule has 1 aromatic heterocycles. The monoisotopic (exact) mass is 327 g/mol. The van der Waals surface area contributed by atoms with Crippen LogP contribution in [0.4, 0.5) is 5.69 Å². The number of rotatable bonds is 5. The van der Waals surface area contributed by atoms with Crippen LogP contribution in [0.25, 0.3) is 0 Å². The van der Waals surface area contributed by atoms with Gasteiger partial charge in [0.2, 0.25) is 0 Å². The summed E-state index contributed by atoms with van der Waals surface area (Å²) in [7, 11) is 1.63. The molecule has 0 unspecified atom stereocenters. The lowest BCUT2D eigenvalue weighted by Crippen LogP contribution is -2.29. The first-order valence-corrected chi connectivity index (χ1v) is 8.08. The van der Waals surface area contributed by atoms with Crippen molar-refractivity contribution in [2.75, 3.05) is 25.1 Å². The second-order valence-corrected chi connectivity index (χ2v) is 5.65. The first-order valence-electron chi connectivity index (χ1n) is 8.08. The van der Waals surface area contributed by atoms with E-state index in [0.29, 0.717) is 0 Å². The summed E-state index contributed by atoms with van der Waals surface area (Å²) in [5.74, 6) is 0.564. The normalized spacial score (nSPS) is 14.8. The Hall–Kier alpha value is -2.76. The fourth-order valence-corrected chi connectivity index (χ4v) is 2.78. The number of hydrogen-bond acceptors (Lipinski definition) is 5. The molecule has 3 rings (SSSR count). The van der Waals surface area contributed by atoms with Gasteiger partial charge < -0.3 is 14.1 Å². The Bertz CT molecular complexity index is 704. The third kappa shape index (κ3) is 3.76. The van der Waals surface area contributed by atoms with Crippen LogP contribution in [0.2, 0.25) is 0 Å². The smallest absolute Gasteiger partial charge is 0.307 e. The summed E-state index contributed by atoms with van der Waals surface area (Å²) in [5, 5.41) is 3.97. The molecule has 1 aliphatic rings. The van der Waals surface area contributed by atoms with Crippen molar-refractivity contribution in [3.63, 3.8) is 0 Å². The van der Waals surface area contributed by atoms with Gasteiger partial charge in [-0.15, -0.1) is 0 Å². The van der Waals surface area contributed by atoms with E-state index in [-0.39, 0.29) is 11.7 Å². The highest BCUT2D eigenvalue weighted by Crippen LogP contribution is 2.26. The molecule has 0 saturated carbocycles. The van der Waals surface area contributed by atoms with Crippen LogP contribution in [0, 0.1) is 0 Å². The van der Waals surface area contributed by atoms with E-state index >= 15 is 0 Å². The summed E-state index contributed by atoms with van der Waals surface area (Å²) >= 11 is 0. The molecule has 2 heterocycles. The van der Waals surface area contributed by atoms with Gasteiger partial charge in [-0.25, -0.2) is 5.43 Å². The van der Waals surface area contributed by atoms with E-state index in [0.717, 1.165) is 30.1 Å². The van der Waals surface area contributed by atoms with Crippen molar-refractivity contribution in [1.29, 1.82) is 0 Å². The maximum absolute atomic E-state index is 11.8. The predicted molar refractivity (Wildman–Crippen MR) is 92.8 cm³/mol. The summed E-state index contributed by atoms with van der Waals surface area (Å²) in [6, 6.07) is 9.26. The highest BCUT2D eigenvalue weighted by molar-refractivity contribution is 5.92. The largest absolute Gasteiger partial charge is 0.496 e. The molecule has 0 spiro atoms. The summed E-state index contributed by atoms with van der Waals surface area (Å²) in [5.41, 5.74) is 4.39. The van der Waals surface area contributed by atoms with Crippen LogP contribution in [-0.4, -0.2) is 32.3 Å². The molecule has 1 saturated heterocycles. The molecule has 126 valence electrons. The van der Waals surface area contributed by atoms with Crippen LogP contribution < -0.4 is 15.1 Å². The zero-order chi connectivity index (χ0) is 16.8. The molecule has 0 aliphatic carbocycles. The highest BCUT2D eigenvalue weighted by Gasteiger charge is 2.13. The number of carbonyl (C=O) groups is 1. The Labute approximate surface area is 141 Å². The van der Waals surface area contributed by atoms with Gasteiger partial charge in [-0.1, -0.05) is 0 Å². The van der Waals surface area contributed by atoms with Gasteiger partial charge in [-0.2, -0.15) is 5.10 Å². The average Bonchev–Trinajstić information content (AvgIpc) is 3.17. The Morgan fingerprint density at radius 2 is 2.12 bits per heavy atom. The van der Waals surface area contributed by atoms with Crippen LogP contribution in [-0.2, 0) is 0 Å². The van der Waals surface area contributed by atoms with Crippen LogP contribution >= 0.6 is 0 Å². The van der Waals surface area contributed by atoms with Crippen LogP contribution in [0.5, 0.6) is 5.75 Å². The van der Waals surface area contributed by atoms with Gasteiger partial charge in [0, 0.05) is 30.4 Å². The van der Waals surface area contributed by atoms with E-state index in [4.69, 9.17) is 9.15 Å². The van der Waals surface area contributed by atoms with Gasteiger partial charge in [0.05, 0.1) is 19.6 Å². The van der Waals surface area contributed by atoms with Gasteiger partial charge in [0.15, 0.2) is 5.76 Å². The third-order valence-corrected chi connectivity index (χ3v) is 4.05. The van der Waals surface area contributed by atoms with Crippen LogP contribution in [0.1, 0.15) is 35.4 Å². The van der Waals surface area contributed by atoms with Crippen molar-refractivity contribution in [2.45, 2.75) is 19.3 Å². The topological polar surface area (TPSA) is 67.1 Å². The first kappa shape index (κ1) is 16.1. The van der Waals surface area contributed by atoms with Gasteiger partial charge in [-0.05, 0) is 43.5 Å². The number of benzene rings is 1. The molecule has 1 fully saturated rings. The van der Waals surface area contributed by atoms with E-state index < -0.39 is 0 Å². The van der Waals surface area contributed by atoms with E-state index in [1.165, 1.54) is 25.5 Å². The Morgan fingerprint density at radius 1 is 1.29 bits per heavy atom. The van der Waals surface area contributed by atoms with Crippen molar-refractivity contribution in [3.8, 4) is 5.75 Å². The number of amides is 1. The maximum Gasteiger partial charge on any atom is 0.307 e. The molecule has 0 bridgehead atoms. The fourth-order valence-electron chi connectivity index (χ4n) is 2.78. The second kappa shape index (κ2) is 7.68. The number of carbonyl (C=O) groups excluding carboxylic acids is 1. The van der Waals surface area contributed by atoms with Crippen LogP contribution in [0.3, 0.4) is 0 Å². The summed E-state index contributed by atoms with van der Waals surface area (Å²) < 4.78 is 10.5. The van der Waals surface area contributed by atoms with Crippen LogP contribution in [0.15, 0.2) is 46.1 Å². The standard InChI is InChI=1S/C18H21N3O3/c1-23-17-12-15(21-9-3-2-4-10-21)8-7-14(17)13-19-20-18(22)16-6-5-11-24-16/h5-8,11-13H,2-4,9-10H2,1H3,(H,20,22)/b19-13+. The van der Waals surface area contributed by atoms with Gasteiger partial charge in [0.1, 0.15) is 5.75 Å². The minimum absolute atomic E-state index is 0.222. The number of piperidine rings is 1. The van der Waals surface area contributed by atoms with Crippen molar-refractivity contribution in [2.24, 2.45) is 5.10 Å². The third-order valence-electron chi connectivity index (χ3n) is 4.05. The molecule has 1 aromatic carbocycles. The number of hydrazone groups is 1. The molecule has 24 heavy (non-hydrogen) atoms. The first-order chi connectivity index (χ1) is 11.8. The van der Waals surface area contributed by atoms with E-state index in [9.17, 15) is 4.79 Å². The zero-order valence-corrected chi connectivity index (χ0v) is 13.7. The minimum Gasteiger partial charge on any atom is -0.496 e. The van der Waals surface area contributed by atoms with Crippen molar-refractivity contribution in [1.82, 2.24) is 5.43 Å². The number of hydrogen-bond donors (Lipinski definition) is 1. The molecule has 6 heteroatoms. The second-order valence-electron chi connectivity index (χ2n) is 5.65. The Balaban J connectivity index is 1.68. The molecule has 6 nitrogen and oxygen atoms in total. The predicted octanol–water partition coefficient (Wildman–Crippen LogP) is 3.04. The Morgan fingerprint density at radius 3 is 2.83 bits per heavy atom.